The third-order valence-electron chi connectivity index (χ3n) is 26.1. The van der Waals surface area contributed by atoms with Crippen LogP contribution in [0.25, 0.3) is 127 Å². The van der Waals surface area contributed by atoms with Gasteiger partial charge in [0.15, 0.2) is 0 Å². The normalized spacial score (nSPS) is 13.4. The molecule has 2 aliphatic rings. The average molecular weight is 1560 g/mol. The first kappa shape index (κ1) is 76.1. The molecule has 15 aromatic carbocycles. The topological polar surface area (TPSA) is 21.3 Å². The van der Waals surface area contributed by atoms with Gasteiger partial charge in [0, 0.05) is 72.1 Å². The summed E-state index contributed by atoms with van der Waals surface area (Å²) in [6.07, 6.45) is 0. The van der Waals surface area contributed by atoms with Crippen LogP contribution in [0.5, 0.6) is 0 Å². The highest BCUT2D eigenvalue weighted by Gasteiger charge is 2.45. The number of hydrogen-bond donors (Lipinski definition) is 0. The number of hydrogen-bond acceptors (Lipinski definition) is 2. The van der Waals surface area contributed by atoms with Crippen LogP contribution in [0.4, 0.5) is 34.1 Å². The second-order valence-electron chi connectivity index (χ2n) is 40.3. The number of rotatable bonds is 9. The summed E-state index contributed by atoms with van der Waals surface area (Å²) in [7, 11) is 0. The molecule has 0 saturated heterocycles. The Morgan fingerprint density at radius 3 is 1.00 bits per heavy atom. The highest BCUT2D eigenvalue weighted by Crippen LogP contribution is 2.53. The minimum Gasteiger partial charge on any atom is -0.311 e. The minimum atomic E-state index is -0.252. The van der Waals surface area contributed by atoms with Gasteiger partial charge in [-0.15, -0.1) is 0 Å². The summed E-state index contributed by atoms with van der Waals surface area (Å²) in [5.41, 5.74) is 37.3. The van der Waals surface area contributed by atoms with Crippen LogP contribution in [0.1, 0.15) is 158 Å². The van der Waals surface area contributed by atoms with Crippen molar-refractivity contribution in [2.24, 2.45) is 0 Å². The fourth-order valence-electron chi connectivity index (χ4n) is 19.4. The van der Waals surface area contributed by atoms with E-state index < -0.39 is 0 Å². The van der Waals surface area contributed by atoms with Crippen LogP contribution in [-0.2, 0) is 32.5 Å². The standard InChI is InChI=1S/C114H106BN5/c1-109(2,3)79-46-53-96-90(66-79)91-67-80(110(4,5)6)47-54-97(91)116(96)86-50-52-95-103(70-86)117(87-60-75(71-33-23-19-24-34-71)57-76(61-87)72-35-25-20-26-36-72)104-63-78(73-37-27-21-28-38-73)64-105-106(104)115(95)94-51-45-74(77-58-83(113(13,14)15)65-84(59-77)114(16,17)18)62-102(94)120(105)101-44-32-42-89-88-41-31-43-100(107(88)118(108(89)101)85-39-29-22-30-40-85)119-98-55-48-81(111(7,8)9)68-92(98)93-69-82(112(10,11)12)49-56-99(93)119/h19-70H,1-18H3. The number of aromatic nitrogens is 3. The van der Waals surface area contributed by atoms with Crippen molar-refractivity contribution in [2.75, 3.05) is 9.80 Å². The molecule has 590 valence electrons. The molecule has 0 aliphatic carbocycles. The zero-order valence-corrected chi connectivity index (χ0v) is 72.8. The molecule has 5 heterocycles. The molecule has 120 heavy (non-hydrogen) atoms. The minimum absolute atomic E-state index is 0.0622. The molecule has 0 saturated carbocycles. The van der Waals surface area contributed by atoms with Gasteiger partial charge in [-0.3, -0.25) is 0 Å². The zero-order valence-electron chi connectivity index (χ0n) is 72.8. The molecule has 2 aliphatic heterocycles. The first-order valence-electron chi connectivity index (χ1n) is 43.1. The van der Waals surface area contributed by atoms with E-state index in [0.717, 1.165) is 95.6 Å². The zero-order chi connectivity index (χ0) is 83.2. The van der Waals surface area contributed by atoms with Crippen LogP contribution in [0.3, 0.4) is 0 Å². The maximum Gasteiger partial charge on any atom is 0.252 e. The summed E-state index contributed by atoms with van der Waals surface area (Å²) >= 11 is 0. The van der Waals surface area contributed by atoms with Gasteiger partial charge in [0.2, 0.25) is 0 Å². The maximum absolute atomic E-state index is 2.71. The van der Waals surface area contributed by atoms with Crippen molar-refractivity contribution < 1.29 is 0 Å². The molecule has 6 heteroatoms. The van der Waals surface area contributed by atoms with E-state index in [1.54, 1.807) is 0 Å². The van der Waals surface area contributed by atoms with Gasteiger partial charge in [0.05, 0.1) is 44.5 Å². The summed E-state index contributed by atoms with van der Waals surface area (Å²) in [6.45, 7) is 41.9. The van der Waals surface area contributed by atoms with Crippen molar-refractivity contribution in [2.45, 2.75) is 157 Å². The SMILES string of the molecule is CC(C)(C)c1cc(-c2ccc3c(c2)N(c2cccc4c5cccc(-n6c7ccc(C(C)(C)C)cc7c7cc(C(C)(C)C)ccc76)c5n(-c5ccccc5)c24)c2cc(-c4ccccc4)cc4c2B3c2ccc(-n3c5ccc(C(C)(C)C)cc5c5cc(C(C)(C)C)ccc53)cc2N4c2cc(-c3ccccc3)cc(-c3ccccc3)c2)cc(C(C)(C)C)c1. The Morgan fingerprint density at radius 2 is 0.558 bits per heavy atom. The predicted molar refractivity (Wildman–Crippen MR) is 517 cm³/mol. The molecule has 0 amide bonds. The lowest BCUT2D eigenvalue weighted by Crippen LogP contribution is -2.61. The van der Waals surface area contributed by atoms with E-state index in [9.17, 15) is 0 Å². The van der Waals surface area contributed by atoms with E-state index in [0.29, 0.717) is 0 Å². The molecule has 18 aromatic rings. The van der Waals surface area contributed by atoms with E-state index in [2.05, 4.69) is 464 Å². The molecule has 0 fully saturated rings. The van der Waals surface area contributed by atoms with Crippen LogP contribution in [0.15, 0.2) is 315 Å². The molecule has 0 unspecified atom stereocenters. The summed E-state index contributed by atoms with van der Waals surface area (Å²) in [6, 6.07) is 122. The quantitative estimate of drug-likeness (QED) is 0.134. The van der Waals surface area contributed by atoms with Gasteiger partial charge in [-0.1, -0.05) is 319 Å². The Labute approximate surface area is 708 Å². The molecule has 0 spiro atoms. The second-order valence-corrected chi connectivity index (χ2v) is 40.3. The van der Waals surface area contributed by atoms with E-state index in [1.165, 1.54) is 115 Å². The first-order valence-corrected chi connectivity index (χ1v) is 43.1. The highest BCUT2D eigenvalue weighted by molar-refractivity contribution is 7.00. The monoisotopic (exact) mass is 1560 g/mol. The van der Waals surface area contributed by atoms with Gasteiger partial charge < -0.3 is 23.5 Å². The van der Waals surface area contributed by atoms with E-state index >= 15 is 0 Å². The number of para-hydroxylation sites is 3. The summed E-state index contributed by atoms with van der Waals surface area (Å²) < 4.78 is 7.76. The van der Waals surface area contributed by atoms with Gasteiger partial charge in [0.1, 0.15) is 0 Å². The molecule has 0 radical (unpaired) electrons. The average Bonchev–Trinajstić information content (AvgIpc) is 1.42. The Kier molecular flexibility index (Phi) is 17.4. The van der Waals surface area contributed by atoms with Gasteiger partial charge >= 0.3 is 0 Å². The van der Waals surface area contributed by atoms with Crippen LogP contribution < -0.4 is 26.2 Å². The molecular weight excluding hydrogens is 1450 g/mol. The number of fused-ring (bicyclic) bond motifs is 13. The number of nitrogens with zero attached hydrogens (tertiary/aromatic N) is 5. The number of benzene rings is 15. The summed E-state index contributed by atoms with van der Waals surface area (Å²) in [4.78, 5) is 5.38. The molecule has 0 atom stereocenters. The van der Waals surface area contributed by atoms with Crippen LogP contribution in [0.2, 0.25) is 0 Å². The Balaban J connectivity index is 0.933. The Bertz CT molecular complexity index is 6960. The van der Waals surface area contributed by atoms with Crippen molar-refractivity contribution >= 4 is 123 Å². The third kappa shape index (κ3) is 12.6. The number of anilines is 6. The Morgan fingerprint density at radius 1 is 0.192 bits per heavy atom. The summed E-state index contributed by atoms with van der Waals surface area (Å²) in [5.74, 6) is 0. The van der Waals surface area contributed by atoms with E-state index in [-0.39, 0.29) is 39.2 Å². The molecule has 3 aromatic heterocycles. The van der Waals surface area contributed by atoms with Crippen LogP contribution >= 0.6 is 0 Å². The van der Waals surface area contributed by atoms with Crippen molar-refractivity contribution in [1.82, 2.24) is 13.7 Å². The van der Waals surface area contributed by atoms with Crippen LogP contribution in [-0.4, -0.2) is 20.4 Å². The molecule has 20 rings (SSSR count). The molecule has 5 nitrogen and oxygen atoms in total. The van der Waals surface area contributed by atoms with Crippen molar-refractivity contribution in [3.05, 3.63) is 349 Å². The lowest BCUT2D eigenvalue weighted by molar-refractivity contribution is 0.569. The van der Waals surface area contributed by atoms with Gasteiger partial charge in [-0.2, -0.15) is 0 Å². The summed E-state index contributed by atoms with van der Waals surface area (Å²) in [5, 5.41) is 7.38. The van der Waals surface area contributed by atoms with Crippen molar-refractivity contribution in [3.63, 3.8) is 0 Å². The first-order chi connectivity index (χ1) is 57.3. The third-order valence-corrected chi connectivity index (χ3v) is 26.1. The van der Waals surface area contributed by atoms with Crippen LogP contribution in [0, 0.1) is 0 Å². The lowest BCUT2D eigenvalue weighted by atomic mass is 9.33. The molecule has 0 bridgehead atoms. The molecule has 0 N–H and O–H groups in total. The van der Waals surface area contributed by atoms with E-state index in [1.807, 2.05) is 0 Å². The molecular formula is C114H106BN5. The highest BCUT2D eigenvalue weighted by atomic mass is 15.2. The van der Waals surface area contributed by atoms with Crippen molar-refractivity contribution in [3.8, 4) is 61.6 Å². The largest absolute Gasteiger partial charge is 0.311 e. The van der Waals surface area contributed by atoms with Gasteiger partial charge in [-0.05, 0) is 248 Å². The smallest absolute Gasteiger partial charge is 0.252 e. The van der Waals surface area contributed by atoms with Crippen molar-refractivity contribution in [1.29, 1.82) is 0 Å². The maximum atomic E-state index is 2.71. The Hall–Kier alpha value is -12.6. The predicted octanol–water partition coefficient (Wildman–Crippen LogP) is 29.5. The second kappa shape index (κ2) is 27.5. The van der Waals surface area contributed by atoms with E-state index in [4.69, 9.17) is 0 Å². The van der Waals surface area contributed by atoms with Gasteiger partial charge in [0.25, 0.3) is 6.71 Å². The fraction of sp³-hybridized carbons (Fsp3) is 0.211. The fourth-order valence-corrected chi connectivity index (χ4v) is 19.4. The lowest BCUT2D eigenvalue weighted by Gasteiger charge is -2.45. The van der Waals surface area contributed by atoms with Gasteiger partial charge in [-0.25, -0.2) is 0 Å².